The summed E-state index contributed by atoms with van der Waals surface area (Å²) in [4.78, 5) is 26.7. The highest BCUT2D eigenvalue weighted by Crippen LogP contribution is 2.26. The van der Waals surface area contributed by atoms with Gasteiger partial charge in [0.2, 0.25) is 5.91 Å². The number of carbonyl (C=O) groups is 2. The molecule has 8 atom stereocenters. The minimum Gasteiger partial charge on any atom is -0.454 e. The molecule has 0 bridgehead atoms. The molecule has 1 rings (SSSR count). The molecule has 0 aromatic rings. The molecule has 0 aromatic carbocycles. The van der Waals surface area contributed by atoms with Gasteiger partial charge in [-0.15, -0.1) is 0 Å². The van der Waals surface area contributed by atoms with E-state index in [-0.39, 0.29) is 19.4 Å². The first kappa shape index (κ1) is 84.3. The van der Waals surface area contributed by atoms with Crippen molar-refractivity contribution in [1.82, 2.24) is 5.32 Å². The predicted molar refractivity (Wildman–Crippen MR) is 379 cm³/mol. The third-order valence-corrected chi connectivity index (χ3v) is 16.9. The maximum absolute atomic E-state index is 13.5. The summed E-state index contributed by atoms with van der Waals surface area (Å²) in [6, 6.07) is -1.04. The summed E-state index contributed by atoms with van der Waals surface area (Å²) in [5.74, 6) is -1.20. The summed E-state index contributed by atoms with van der Waals surface area (Å²) < 4.78 is 17.7. The van der Waals surface area contributed by atoms with Gasteiger partial charge in [-0.2, -0.15) is 0 Å². The Labute approximate surface area is 551 Å². The van der Waals surface area contributed by atoms with Crippen molar-refractivity contribution in [2.24, 2.45) is 0 Å². The number of ether oxygens (including phenoxy) is 3. The molecule has 6 N–H and O–H groups in total. The Hall–Kier alpha value is -3.68. The Morgan fingerprint density at radius 2 is 0.800 bits per heavy atom. The highest BCUT2D eigenvalue weighted by molar-refractivity contribution is 5.80. The minimum atomic E-state index is -1.62. The Morgan fingerprint density at radius 1 is 0.444 bits per heavy atom. The largest absolute Gasteiger partial charge is 0.454 e. The molecule has 0 radical (unpaired) electrons. The van der Waals surface area contributed by atoms with Crippen molar-refractivity contribution in [2.45, 2.75) is 365 Å². The maximum atomic E-state index is 13.5. The number of unbranched alkanes of at least 4 members (excludes halogenated alkanes) is 33. The van der Waals surface area contributed by atoms with Crippen molar-refractivity contribution in [3.05, 3.63) is 109 Å². The first-order valence-corrected chi connectivity index (χ1v) is 37.2. The molecule has 0 aromatic heterocycles. The fraction of sp³-hybridized carbons (Fsp3) is 0.747. The predicted octanol–water partition coefficient (Wildman–Crippen LogP) is 19.6. The Balaban J connectivity index is 2.56. The second kappa shape index (κ2) is 65.4. The van der Waals surface area contributed by atoms with Crippen LogP contribution in [0.3, 0.4) is 0 Å². The second-order valence-corrected chi connectivity index (χ2v) is 25.3. The van der Waals surface area contributed by atoms with Gasteiger partial charge < -0.3 is 45.1 Å². The molecule has 0 spiro atoms. The summed E-state index contributed by atoms with van der Waals surface area (Å²) in [6.45, 7) is 5.67. The zero-order valence-electron chi connectivity index (χ0n) is 57.7. The normalized spacial score (nSPS) is 18.7. The smallest absolute Gasteiger partial charge is 0.306 e. The van der Waals surface area contributed by atoms with Crippen LogP contribution in [0, 0.1) is 0 Å². The molecule has 0 saturated carbocycles. The molecule has 11 nitrogen and oxygen atoms in total. The highest BCUT2D eigenvalue weighted by Gasteiger charge is 2.47. The second-order valence-electron chi connectivity index (χ2n) is 25.3. The fourth-order valence-corrected chi connectivity index (χ4v) is 11.1. The van der Waals surface area contributed by atoms with Crippen LogP contribution in [0.5, 0.6) is 0 Å². The van der Waals surface area contributed by atoms with Gasteiger partial charge in [0.1, 0.15) is 24.4 Å². The van der Waals surface area contributed by atoms with Gasteiger partial charge in [0.05, 0.1) is 25.4 Å². The SMILES string of the molecule is CC/C=C\C/C=C\C/C=C\C/C=C\C/C=C\CCCCCCCCCCC(O)C(=O)NC(COC1OC(CO)C(O)C(O)C1OC(=O)CCCCCCCCCCCCCC/C=C\C/C=C\C/C=C\CCCCC)C(O)/C=C/CCCCCCCCCCCC. The molecular formula is C79H137NO10. The van der Waals surface area contributed by atoms with E-state index in [1.54, 1.807) is 6.08 Å². The third kappa shape index (κ3) is 51.8. The van der Waals surface area contributed by atoms with Crippen LogP contribution in [0.25, 0.3) is 0 Å². The number of nitrogens with one attached hydrogen (secondary N) is 1. The van der Waals surface area contributed by atoms with Crippen LogP contribution >= 0.6 is 0 Å². The van der Waals surface area contributed by atoms with Gasteiger partial charge in [-0.25, -0.2) is 0 Å². The molecule has 0 aliphatic carbocycles. The Kier molecular flexibility index (Phi) is 61.3. The molecule has 90 heavy (non-hydrogen) atoms. The first-order chi connectivity index (χ1) is 44.2. The maximum Gasteiger partial charge on any atom is 0.306 e. The number of allylic oxidation sites excluding steroid dienone is 17. The summed E-state index contributed by atoms with van der Waals surface area (Å²) in [5.41, 5.74) is 0. The number of aliphatic hydroxyl groups excluding tert-OH is 5. The van der Waals surface area contributed by atoms with E-state index in [0.29, 0.717) is 12.8 Å². The number of aliphatic hydroxyl groups is 5. The van der Waals surface area contributed by atoms with Gasteiger partial charge in [0, 0.05) is 6.42 Å². The number of amides is 1. The van der Waals surface area contributed by atoms with Crippen molar-refractivity contribution in [3.8, 4) is 0 Å². The summed E-state index contributed by atoms with van der Waals surface area (Å²) >= 11 is 0. The Morgan fingerprint density at radius 3 is 1.22 bits per heavy atom. The minimum absolute atomic E-state index is 0.117. The molecule has 1 heterocycles. The van der Waals surface area contributed by atoms with Gasteiger partial charge in [-0.05, 0) is 109 Å². The van der Waals surface area contributed by atoms with E-state index in [1.165, 1.54) is 154 Å². The monoisotopic (exact) mass is 1260 g/mol. The van der Waals surface area contributed by atoms with Crippen molar-refractivity contribution in [1.29, 1.82) is 0 Å². The summed E-state index contributed by atoms with van der Waals surface area (Å²) in [5, 5.41) is 57.3. The topological polar surface area (TPSA) is 175 Å². The van der Waals surface area contributed by atoms with Crippen LogP contribution in [0.2, 0.25) is 0 Å². The number of rotatable bonds is 63. The van der Waals surface area contributed by atoms with Crippen molar-refractivity contribution >= 4 is 11.9 Å². The molecule has 1 fully saturated rings. The number of hydrogen-bond acceptors (Lipinski definition) is 10. The van der Waals surface area contributed by atoms with Crippen LogP contribution < -0.4 is 5.32 Å². The van der Waals surface area contributed by atoms with Crippen LogP contribution in [0.15, 0.2) is 109 Å². The van der Waals surface area contributed by atoms with Gasteiger partial charge in [0.25, 0.3) is 0 Å². The van der Waals surface area contributed by atoms with Crippen LogP contribution in [0.1, 0.15) is 316 Å². The van der Waals surface area contributed by atoms with Gasteiger partial charge in [-0.1, -0.05) is 310 Å². The standard InChI is InChI=1S/C79H137NO10/c1-4-7-10-13-16-19-22-25-27-29-31-33-35-37-39-41-43-45-47-49-52-55-58-61-64-67-74(84)90-77-76(86)75(85)73(68-81)89-79(77)88-69-70(71(82)65-62-59-56-53-50-24-21-18-15-12-9-6-3)80-78(87)72(83)66-63-60-57-54-51-48-46-44-42-40-38-36-34-32-30-28-26-23-20-17-14-11-8-5-2/h8,11,16-17,19-20,25-28,31-34,38,40,62,65,70-73,75-77,79,81-83,85-86H,4-7,9-10,12-15,18,21-24,29-30,35-37,39,41-61,63-64,66-69H2,1-3H3,(H,80,87)/b11-8-,19-16-,20-17-,27-25-,28-26-,33-31-,34-32-,40-38-,65-62+. The van der Waals surface area contributed by atoms with E-state index in [1.807, 2.05) is 6.08 Å². The number of hydrogen-bond donors (Lipinski definition) is 6. The molecular weight excluding hydrogens is 1120 g/mol. The molecule has 518 valence electrons. The summed E-state index contributed by atoms with van der Waals surface area (Å²) in [6.07, 6.45) is 79.8. The molecule has 1 aliphatic rings. The molecule has 1 aliphatic heterocycles. The number of carbonyl (C=O) groups excluding carboxylic acids is 2. The lowest BCUT2D eigenvalue weighted by atomic mass is 9.99. The average molecular weight is 1260 g/mol. The molecule has 1 amide bonds. The van der Waals surface area contributed by atoms with Crippen molar-refractivity contribution in [3.63, 3.8) is 0 Å². The van der Waals surface area contributed by atoms with Crippen LogP contribution in [-0.4, -0.2) is 99.6 Å². The fourth-order valence-electron chi connectivity index (χ4n) is 11.1. The highest BCUT2D eigenvalue weighted by atomic mass is 16.7. The quantitative estimate of drug-likeness (QED) is 0.0195. The van der Waals surface area contributed by atoms with E-state index in [2.05, 4.69) is 123 Å². The van der Waals surface area contributed by atoms with E-state index in [0.717, 1.165) is 116 Å². The third-order valence-electron chi connectivity index (χ3n) is 16.9. The van der Waals surface area contributed by atoms with Crippen molar-refractivity contribution < 1.29 is 49.3 Å². The van der Waals surface area contributed by atoms with Gasteiger partial charge >= 0.3 is 5.97 Å². The van der Waals surface area contributed by atoms with Gasteiger partial charge in [-0.3, -0.25) is 9.59 Å². The van der Waals surface area contributed by atoms with E-state index >= 15 is 0 Å². The number of esters is 1. The average Bonchev–Trinajstić information content (AvgIpc) is 2.18. The lowest BCUT2D eigenvalue weighted by molar-refractivity contribution is -0.305. The van der Waals surface area contributed by atoms with E-state index in [9.17, 15) is 35.1 Å². The zero-order chi connectivity index (χ0) is 65.3. The Bertz CT molecular complexity index is 1890. The summed E-state index contributed by atoms with van der Waals surface area (Å²) in [7, 11) is 0. The lowest BCUT2D eigenvalue weighted by Crippen LogP contribution is -2.61. The van der Waals surface area contributed by atoms with E-state index < -0.39 is 67.4 Å². The van der Waals surface area contributed by atoms with Crippen LogP contribution in [0.4, 0.5) is 0 Å². The lowest BCUT2D eigenvalue weighted by Gasteiger charge is -2.41. The molecule has 8 unspecified atom stereocenters. The molecule has 1 saturated heterocycles. The first-order valence-electron chi connectivity index (χ1n) is 37.2. The molecule has 11 heteroatoms. The zero-order valence-corrected chi connectivity index (χ0v) is 57.7. The van der Waals surface area contributed by atoms with Gasteiger partial charge in [0.15, 0.2) is 12.4 Å². The van der Waals surface area contributed by atoms with Crippen LogP contribution in [-0.2, 0) is 23.8 Å². The van der Waals surface area contributed by atoms with Crippen molar-refractivity contribution in [2.75, 3.05) is 13.2 Å². The van der Waals surface area contributed by atoms with E-state index in [4.69, 9.17) is 14.2 Å².